The predicted octanol–water partition coefficient (Wildman–Crippen LogP) is 2.67. The van der Waals surface area contributed by atoms with E-state index in [1.54, 1.807) is 11.0 Å². The lowest BCUT2D eigenvalue weighted by atomic mass is 9.88. The molecule has 2 atom stereocenters. The molecular weight excluding hydrogens is 423 g/mol. The summed E-state index contributed by atoms with van der Waals surface area (Å²) in [6.45, 7) is 9.73. The van der Waals surface area contributed by atoms with Crippen molar-refractivity contribution >= 4 is 17.6 Å². The van der Waals surface area contributed by atoms with Gasteiger partial charge >= 0.3 is 0 Å². The maximum absolute atomic E-state index is 15.0. The zero-order valence-corrected chi connectivity index (χ0v) is 19.4. The summed E-state index contributed by atoms with van der Waals surface area (Å²) in [5.74, 6) is -0.636. The fourth-order valence-corrected chi connectivity index (χ4v) is 4.75. The van der Waals surface area contributed by atoms with E-state index in [2.05, 4.69) is 21.3 Å². The quantitative estimate of drug-likeness (QED) is 0.727. The second-order valence-corrected chi connectivity index (χ2v) is 8.81. The third kappa shape index (κ3) is 4.85. The van der Waals surface area contributed by atoms with Crippen LogP contribution in [0, 0.1) is 25.6 Å². The van der Waals surface area contributed by atoms with Gasteiger partial charge in [-0.3, -0.25) is 9.59 Å². The maximum Gasteiger partial charge on any atom is 0.256 e. The van der Waals surface area contributed by atoms with Crippen molar-refractivity contribution in [1.82, 2.24) is 15.2 Å². The first-order valence-electron chi connectivity index (χ1n) is 11.5. The zero-order chi connectivity index (χ0) is 23.5. The normalized spacial score (nSPS) is 20.8. The van der Waals surface area contributed by atoms with Gasteiger partial charge in [0.1, 0.15) is 11.6 Å². The standard InChI is InChI=1S/C25H31FN4O3/c1-4-33-15-19-14-28-24(31)22(19)18-5-6-20(21(26)12-18)25(32)30-9-7-29(8-10-30)23-17(3)11-16(2)13-27-23/h5-6,11-13,19,22H,4,7-10,14-15H2,1-3H3,(H,28,31)/t19?,22-/m0/s1. The Hall–Kier alpha value is -3.00. The molecule has 1 aromatic heterocycles. The number of carbonyl (C=O) groups excluding carboxylic acids is 2. The fourth-order valence-electron chi connectivity index (χ4n) is 4.75. The van der Waals surface area contributed by atoms with Crippen LogP contribution in [0.2, 0.25) is 0 Å². The number of piperazine rings is 1. The largest absolute Gasteiger partial charge is 0.381 e. The number of hydrogen-bond acceptors (Lipinski definition) is 5. The van der Waals surface area contributed by atoms with Crippen molar-refractivity contribution in [3.8, 4) is 0 Å². The topological polar surface area (TPSA) is 74.8 Å². The van der Waals surface area contributed by atoms with Crippen LogP contribution in [0.15, 0.2) is 30.5 Å². The molecule has 2 aromatic rings. The molecule has 2 aliphatic heterocycles. The van der Waals surface area contributed by atoms with E-state index in [0.717, 1.165) is 16.9 Å². The van der Waals surface area contributed by atoms with Crippen LogP contribution in [-0.4, -0.2) is 67.6 Å². The van der Waals surface area contributed by atoms with Crippen LogP contribution in [0.4, 0.5) is 10.2 Å². The highest BCUT2D eigenvalue weighted by atomic mass is 19.1. The first-order valence-corrected chi connectivity index (χ1v) is 11.5. The van der Waals surface area contributed by atoms with Crippen LogP contribution in [0.3, 0.4) is 0 Å². The van der Waals surface area contributed by atoms with E-state index in [1.165, 1.54) is 12.1 Å². The van der Waals surface area contributed by atoms with Gasteiger partial charge in [0, 0.05) is 51.4 Å². The van der Waals surface area contributed by atoms with Gasteiger partial charge in [-0.05, 0) is 49.6 Å². The minimum Gasteiger partial charge on any atom is -0.381 e. The van der Waals surface area contributed by atoms with E-state index in [4.69, 9.17) is 4.74 Å². The number of pyridine rings is 1. The minimum absolute atomic E-state index is 0.0385. The second kappa shape index (κ2) is 9.87. The Morgan fingerprint density at radius 2 is 1.97 bits per heavy atom. The molecule has 7 nitrogen and oxygen atoms in total. The van der Waals surface area contributed by atoms with Gasteiger partial charge in [-0.15, -0.1) is 0 Å². The first kappa shape index (κ1) is 23.2. The summed E-state index contributed by atoms with van der Waals surface area (Å²) < 4.78 is 20.5. The van der Waals surface area contributed by atoms with E-state index in [0.29, 0.717) is 51.5 Å². The molecule has 2 amide bonds. The molecule has 1 aromatic carbocycles. The van der Waals surface area contributed by atoms with Crippen LogP contribution in [0.5, 0.6) is 0 Å². The van der Waals surface area contributed by atoms with Gasteiger partial charge in [-0.2, -0.15) is 0 Å². The third-order valence-electron chi connectivity index (χ3n) is 6.46. The fraction of sp³-hybridized carbons (Fsp3) is 0.480. The Kier molecular flexibility index (Phi) is 6.93. The summed E-state index contributed by atoms with van der Waals surface area (Å²) in [4.78, 5) is 33.8. The molecule has 1 unspecified atom stereocenters. The van der Waals surface area contributed by atoms with Crippen LogP contribution < -0.4 is 10.2 Å². The Labute approximate surface area is 193 Å². The maximum atomic E-state index is 15.0. The molecule has 33 heavy (non-hydrogen) atoms. The van der Waals surface area contributed by atoms with Gasteiger partial charge in [0.2, 0.25) is 5.91 Å². The summed E-state index contributed by atoms with van der Waals surface area (Å²) in [7, 11) is 0. The molecule has 176 valence electrons. The Bertz CT molecular complexity index is 1040. The molecule has 0 spiro atoms. The van der Waals surface area contributed by atoms with Crippen molar-refractivity contribution in [3.05, 3.63) is 58.5 Å². The van der Waals surface area contributed by atoms with Gasteiger partial charge < -0.3 is 19.9 Å². The second-order valence-electron chi connectivity index (χ2n) is 8.81. The number of nitrogens with one attached hydrogen (secondary N) is 1. The Morgan fingerprint density at radius 3 is 2.64 bits per heavy atom. The van der Waals surface area contributed by atoms with Crippen molar-refractivity contribution in [2.45, 2.75) is 26.7 Å². The molecule has 0 radical (unpaired) electrons. The number of hydrogen-bond donors (Lipinski definition) is 1. The molecule has 4 rings (SSSR count). The molecular formula is C25H31FN4O3. The van der Waals surface area contributed by atoms with Crippen LogP contribution in [-0.2, 0) is 9.53 Å². The van der Waals surface area contributed by atoms with Crippen LogP contribution in [0.25, 0.3) is 0 Å². The SMILES string of the molecule is CCOCC1CNC(=O)[C@H]1c1ccc(C(=O)N2CCN(c3ncc(C)cc3C)CC2)c(F)c1. The average molecular weight is 455 g/mol. The van der Waals surface area contributed by atoms with Crippen LogP contribution >= 0.6 is 0 Å². The van der Waals surface area contributed by atoms with E-state index >= 15 is 4.39 Å². The van der Waals surface area contributed by atoms with Gasteiger partial charge in [0.15, 0.2) is 0 Å². The van der Waals surface area contributed by atoms with Crippen molar-refractivity contribution < 1.29 is 18.7 Å². The lowest BCUT2D eigenvalue weighted by Crippen LogP contribution is -2.49. The van der Waals surface area contributed by atoms with Crippen molar-refractivity contribution in [1.29, 1.82) is 0 Å². The zero-order valence-electron chi connectivity index (χ0n) is 19.4. The van der Waals surface area contributed by atoms with Crippen molar-refractivity contribution in [2.75, 3.05) is 50.8 Å². The number of ether oxygens (including phenoxy) is 1. The molecule has 2 fully saturated rings. The molecule has 8 heteroatoms. The summed E-state index contributed by atoms with van der Waals surface area (Å²) >= 11 is 0. The molecule has 0 saturated carbocycles. The summed E-state index contributed by atoms with van der Waals surface area (Å²) in [5.41, 5.74) is 2.84. The predicted molar refractivity (Wildman–Crippen MR) is 124 cm³/mol. The van der Waals surface area contributed by atoms with Crippen molar-refractivity contribution in [3.63, 3.8) is 0 Å². The smallest absolute Gasteiger partial charge is 0.256 e. The van der Waals surface area contributed by atoms with E-state index in [9.17, 15) is 9.59 Å². The third-order valence-corrected chi connectivity index (χ3v) is 6.46. The number of nitrogens with zero attached hydrogens (tertiary/aromatic N) is 3. The number of aryl methyl sites for hydroxylation is 2. The average Bonchev–Trinajstić information content (AvgIpc) is 3.17. The molecule has 2 saturated heterocycles. The number of halogens is 1. The first-order chi connectivity index (χ1) is 15.9. The van der Waals surface area contributed by atoms with Gasteiger partial charge in [0.25, 0.3) is 5.91 Å². The molecule has 1 N–H and O–H groups in total. The Morgan fingerprint density at radius 1 is 1.21 bits per heavy atom. The monoisotopic (exact) mass is 454 g/mol. The van der Waals surface area contributed by atoms with Crippen molar-refractivity contribution in [2.24, 2.45) is 5.92 Å². The number of aromatic nitrogens is 1. The van der Waals surface area contributed by atoms with Gasteiger partial charge in [-0.1, -0.05) is 12.1 Å². The molecule has 2 aliphatic rings. The number of rotatable bonds is 6. The van der Waals surface area contributed by atoms with Gasteiger partial charge in [0.05, 0.1) is 18.1 Å². The number of anilines is 1. The highest BCUT2D eigenvalue weighted by molar-refractivity contribution is 5.95. The summed E-state index contributed by atoms with van der Waals surface area (Å²) in [5, 5.41) is 2.83. The highest BCUT2D eigenvalue weighted by Gasteiger charge is 2.36. The lowest BCUT2D eigenvalue weighted by molar-refractivity contribution is -0.120. The van der Waals surface area contributed by atoms with Crippen LogP contribution in [0.1, 0.15) is 39.9 Å². The minimum atomic E-state index is -0.592. The van der Waals surface area contributed by atoms with E-state index < -0.39 is 11.7 Å². The van der Waals surface area contributed by atoms with Gasteiger partial charge in [-0.25, -0.2) is 9.37 Å². The summed E-state index contributed by atoms with van der Waals surface area (Å²) in [6.07, 6.45) is 1.85. The lowest BCUT2D eigenvalue weighted by Gasteiger charge is -2.36. The van der Waals surface area contributed by atoms with E-state index in [-0.39, 0.29) is 23.3 Å². The number of benzene rings is 1. The molecule has 0 bridgehead atoms. The highest BCUT2D eigenvalue weighted by Crippen LogP contribution is 2.31. The Balaban J connectivity index is 1.43. The summed E-state index contributed by atoms with van der Waals surface area (Å²) in [6, 6.07) is 6.63. The van der Waals surface area contributed by atoms with E-state index in [1.807, 2.05) is 27.0 Å². The number of amides is 2. The molecule has 3 heterocycles. The molecule has 0 aliphatic carbocycles. The number of carbonyl (C=O) groups is 2.